The molecule has 3 aliphatic rings. The summed E-state index contributed by atoms with van der Waals surface area (Å²) < 4.78 is 0. The van der Waals surface area contributed by atoms with Gasteiger partial charge in [0.1, 0.15) is 0 Å². The molecule has 1 atom stereocenters. The molecule has 3 aliphatic heterocycles. The molecule has 0 aromatic heterocycles. The van der Waals surface area contributed by atoms with Gasteiger partial charge in [0.25, 0.3) is 0 Å². The average Bonchev–Trinajstić information content (AvgIpc) is 2.20. The molecule has 3 rings (SSSR count). The van der Waals surface area contributed by atoms with Gasteiger partial charge in [-0.15, -0.1) is 0 Å². The van der Waals surface area contributed by atoms with E-state index >= 15 is 0 Å². The Kier molecular flexibility index (Phi) is 4.16. The Morgan fingerprint density at radius 3 is 2.07 bits per heavy atom. The number of hydrogen-bond acceptors (Lipinski definition) is 3. The third-order valence-electron chi connectivity index (χ3n) is 2.84. The first-order valence-electron chi connectivity index (χ1n) is 4.94. The average molecular weight is 202 g/mol. The smallest absolute Gasteiger partial charge is 0.404 e. The van der Waals surface area contributed by atoms with Crippen molar-refractivity contribution < 1.29 is 15.0 Å². The predicted molar refractivity (Wildman–Crippen MR) is 52.3 cm³/mol. The highest BCUT2D eigenvalue weighted by molar-refractivity contribution is 5.63. The lowest BCUT2D eigenvalue weighted by atomic mass is 9.86. The molecule has 0 saturated carbocycles. The molecular weight excluding hydrogens is 184 g/mol. The molecule has 5 nitrogen and oxygen atoms in total. The zero-order valence-corrected chi connectivity index (χ0v) is 8.44. The normalized spacial score (nSPS) is 34.3. The maximum atomic E-state index is 9.36. The number of carboxylic acid groups (broad SMARTS) is 1. The van der Waals surface area contributed by atoms with Crippen LogP contribution in [0.1, 0.15) is 12.8 Å². The Morgan fingerprint density at radius 1 is 1.43 bits per heavy atom. The van der Waals surface area contributed by atoms with Gasteiger partial charge in [0.05, 0.1) is 6.10 Å². The van der Waals surface area contributed by atoms with Gasteiger partial charge in [-0.05, 0) is 31.8 Å². The van der Waals surface area contributed by atoms with Gasteiger partial charge in [-0.2, -0.15) is 0 Å². The van der Waals surface area contributed by atoms with Crippen molar-refractivity contribution in [1.82, 2.24) is 10.2 Å². The van der Waals surface area contributed by atoms with Gasteiger partial charge < -0.3 is 20.4 Å². The monoisotopic (exact) mass is 202 g/mol. The molecule has 3 heterocycles. The first-order valence-corrected chi connectivity index (χ1v) is 4.94. The van der Waals surface area contributed by atoms with Gasteiger partial charge in [-0.1, -0.05) is 0 Å². The van der Waals surface area contributed by atoms with E-state index in [2.05, 4.69) is 4.90 Å². The Balaban J connectivity index is 0.000000171. The van der Waals surface area contributed by atoms with Gasteiger partial charge in [0.15, 0.2) is 0 Å². The van der Waals surface area contributed by atoms with Crippen molar-refractivity contribution in [3.63, 3.8) is 0 Å². The van der Waals surface area contributed by atoms with E-state index in [0.717, 1.165) is 6.54 Å². The fraction of sp³-hybridized carbons (Fsp3) is 0.889. The number of rotatable bonds is 0. The SMILES string of the molecule is CNC(=O)O.OC1CN2CCC1CC2. The highest BCUT2D eigenvalue weighted by Crippen LogP contribution is 2.26. The topological polar surface area (TPSA) is 72.8 Å². The minimum absolute atomic E-state index is 0.00694. The van der Waals surface area contributed by atoms with Gasteiger partial charge in [-0.3, -0.25) is 0 Å². The third kappa shape index (κ3) is 3.16. The summed E-state index contributed by atoms with van der Waals surface area (Å²) in [6.07, 6.45) is 1.44. The second-order valence-corrected chi connectivity index (χ2v) is 3.76. The number of piperidine rings is 3. The third-order valence-corrected chi connectivity index (χ3v) is 2.84. The van der Waals surface area contributed by atoms with E-state index in [1.54, 1.807) is 0 Å². The molecule has 3 fully saturated rings. The van der Waals surface area contributed by atoms with E-state index in [1.807, 2.05) is 5.32 Å². The van der Waals surface area contributed by atoms with Crippen LogP contribution in [-0.4, -0.2) is 54.0 Å². The summed E-state index contributed by atoms with van der Waals surface area (Å²) in [7, 11) is 1.35. The predicted octanol–water partition coefficient (Wildman–Crippen LogP) is -0.0433. The summed E-state index contributed by atoms with van der Waals surface area (Å²) in [6, 6.07) is 0. The van der Waals surface area contributed by atoms with E-state index in [1.165, 1.54) is 33.0 Å². The summed E-state index contributed by atoms with van der Waals surface area (Å²) in [5.41, 5.74) is 0. The van der Waals surface area contributed by atoms with E-state index < -0.39 is 6.09 Å². The Labute approximate surface area is 83.7 Å². The summed E-state index contributed by atoms with van der Waals surface area (Å²) in [5, 5.41) is 18.9. The van der Waals surface area contributed by atoms with Crippen molar-refractivity contribution >= 4 is 6.09 Å². The zero-order chi connectivity index (χ0) is 10.6. The van der Waals surface area contributed by atoms with Crippen molar-refractivity contribution in [2.45, 2.75) is 18.9 Å². The summed E-state index contributed by atoms with van der Waals surface area (Å²) in [6.45, 7) is 3.38. The molecule has 0 aromatic carbocycles. The van der Waals surface area contributed by atoms with Crippen molar-refractivity contribution in [3.05, 3.63) is 0 Å². The number of nitrogens with zero attached hydrogens (tertiary/aromatic N) is 1. The highest BCUT2D eigenvalue weighted by atomic mass is 16.4. The lowest BCUT2D eigenvalue weighted by Gasteiger charge is -2.42. The second kappa shape index (κ2) is 5.17. The van der Waals surface area contributed by atoms with Crippen LogP contribution in [0, 0.1) is 5.92 Å². The molecule has 2 bridgehead atoms. The molecule has 0 aromatic rings. The van der Waals surface area contributed by atoms with Crippen molar-refractivity contribution in [2.75, 3.05) is 26.7 Å². The van der Waals surface area contributed by atoms with E-state index in [4.69, 9.17) is 5.11 Å². The number of aliphatic hydroxyl groups is 1. The number of fused-ring (bicyclic) bond motifs is 3. The molecule has 14 heavy (non-hydrogen) atoms. The molecule has 0 aliphatic carbocycles. The fourth-order valence-electron chi connectivity index (χ4n) is 1.93. The molecule has 3 N–H and O–H groups in total. The van der Waals surface area contributed by atoms with Crippen LogP contribution in [0.15, 0.2) is 0 Å². The first-order chi connectivity index (χ1) is 6.63. The molecule has 82 valence electrons. The zero-order valence-electron chi connectivity index (χ0n) is 8.44. The van der Waals surface area contributed by atoms with Crippen LogP contribution in [-0.2, 0) is 0 Å². The van der Waals surface area contributed by atoms with Crippen molar-refractivity contribution in [3.8, 4) is 0 Å². The molecule has 3 saturated heterocycles. The van der Waals surface area contributed by atoms with Crippen LogP contribution in [0.5, 0.6) is 0 Å². The summed E-state index contributed by atoms with van der Waals surface area (Å²) >= 11 is 0. The van der Waals surface area contributed by atoms with Crippen LogP contribution in [0.25, 0.3) is 0 Å². The maximum absolute atomic E-state index is 9.36. The standard InChI is InChI=1S/C7H13NO.C2H5NO2/c9-7-5-8-3-1-6(7)2-4-8;1-3-2(4)5/h6-7,9H,1-5H2;3H,1H3,(H,4,5). The molecule has 1 unspecified atom stereocenters. The van der Waals surface area contributed by atoms with Gasteiger partial charge in [0, 0.05) is 13.6 Å². The molecule has 1 amide bonds. The second-order valence-electron chi connectivity index (χ2n) is 3.76. The number of hydrogen-bond donors (Lipinski definition) is 3. The van der Waals surface area contributed by atoms with Crippen LogP contribution >= 0.6 is 0 Å². The largest absolute Gasteiger partial charge is 0.465 e. The summed E-state index contributed by atoms with van der Waals surface area (Å²) in [5.74, 6) is 0.634. The van der Waals surface area contributed by atoms with Gasteiger partial charge >= 0.3 is 6.09 Å². The Bertz CT molecular complexity index is 190. The van der Waals surface area contributed by atoms with Crippen LogP contribution in [0.3, 0.4) is 0 Å². The molecule has 0 radical (unpaired) electrons. The molecule has 5 heteroatoms. The van der Waals surface area contributed by atoms with Gasteiger partial charge in [-0.25, -0.2) is 4.79 Å². The van der Waals surface area contributed by atoms with Crippen LogP contribution < -0.4 is 5.32 Å². The van der Waals surface area contributed by atoms with Gasteiger partial charge in [0.2, 0.25) is 0 Å². The number of carbonyl (C=O) groups is 1. The number of amides is 1. The number of nitrogens with one attached hydrogen (secondary N) is 1. The Hall–Kier alpha value is -0.810. The van der Waals surface area contributed by atoms with Crippen molar-refractivity contribution in [1.29, 1.82) is 0 Å². The fourth-order valence-corrected chi connectivity index (χ4v) is 1.93. The highest BCUT2D eigenvalue weighted by Gasteiger charge is 2.32. The summed E-state index contributed by atoms with van der Waals surface area (Å²) in [4.78, 5) is 11.6. The lowest BCUT2D eigenvalue weighted by Crippen LogP contribution is -2.50. The maximum Gasteiger partial charge on any atom is 0.404 e. The van der Waals surface area contributed by atoms with Crippen molar-refractivity contribution in [2.24, 2.45) is 5.92 Å². The van der Waals surface area contributed by atoms with E-state index in [-0.39, 0.29) is 6.10 Å². The first kappa shape index (κ1) is 11.3. The Morgan fingerprint density at radius 2 is 1.93 bits per heavy atom. The molecular formula is C9H18N2O3. The van der Waals surface area contributed by atoms with E-state index in [0.29, 0.717) is 5.92 Å². The van der Waals surface area contributed by atoms with Crippen LogP contribution in [0.4, 0.5) is 4.79 Å². The molecule has 0 spiro atoms. The van der Waals surface area contributed by atoms with Crippen LogP contribution in [0.2, 0.25) is 0 Å². The minimum atomic E-state index is -0.995. The lowest BCUT2D eigenvalue weighted by molar-refractivity contribution is -0.0227. The quantitative estimate of drug-likeness (QED) is 0.515. The van der Waals surface area contributed by atoms with E-state index in [9.17, 15) is 9.90 Å². The minimum Gasteiger partial charge on any atom is -0.465 e. The number of aliphatic hydroxyl groups excluding tert-OH is 1.